The number of piperidine rings is 1. The zero-order chi connectivity index (χ0) is 16.7. The highest BCUT2D eigenvalue weighted by Crippen LogP contribution is 2.24. The quantitative estimate of drug-likeness (QED) is 0.644. The number of amides is 1. The van der Waals surface area contributed by atoms with Crippen molar-refractivity contribution < 1.29 is 4.79 Å². The molecular formula is C17H27Cl4N3O. The Balaban J connectivity index is 0.00000288. The van der Waals surface area contributed by atoms with E-state index in [-0.39, 0.29) is 30.7 Å². The normalized spacial score (nSPS) is 15.2. The van der Waals surface area contributed by atoms with E-state index in [0.29, 0.717) is 22.5 Å². The maximum Gasteiger partial charge on any atom is 0.220 e. The molecule has 0 bridgehead atoms. The standard InChI is InChI=1S/C17H25Cl2N3O.2ClH/c1-20-8-2-3-17(23)21-14-6-9-22(10-7-14)12-13-4-5-15(18)16(19)11-13;;/h4-5,11,14,20H,2-3,6-10,12H2,1H3,(H,21,23);2*1H. The maximum atomic E-state index is 11.8. The Kier molecular flexibility index (Phi) is 12.9. The molecule has 0 atom stereocenters. The van der Waals surface area contributed by atoms with Gasteiger partial charge in [0, 0.05) is 32.1 Å². The summed E-state index contributed by atoms with van der Waals surface area (Å²) in [6, 6.07) is 6.10. The van der Waals surface area contributed by atoms with Crippen LogP contribution in [0.3, 0.4) is 0 Å². The molecule has 0 aromatic heterocycles. The number of hydrogen-bond donors (Lipinski definition) is 2. The van der Waals surface area contributed by atoms with Gasteiger partial charge >= 0.3 is 0 Å². The van der Waals surface area contributed by atoms with Crippen molar-refractivity contribution in [3.63, 3.8) is 0 Å². The molecule has 0 saturated carbocycles. The summed E-state index contributed by atoms with van der Waals surface area (Å²) in [6.45, 7) is 3.73. The van der Waals surface area contributed by atoms with Gasteiger partial charge in [0.25, 0.3) is 0 Å². The second kappa shape index (κ2) is 13.0. The fourth-order valence-electron chi connectivity index (χ4n) is 2.86. The Hall–Kier alpha value is -0.230. The van der Waals surface area contributed by atoms with Gasteiger partial charge in [-0.15, -0.1) is 24.8 Å². The van der Waals surface area contributed by atoms with Gasteiger partial charge in [0.05, 0.1) is 10.0 Å². The summed E-state index contributed by atoms with van der Waals surface area (Å²) >= 11 is 12.0. The number of likely N-dealkylation sites (tertiary alicyclic amines) is 1. The molecule has 1 fully saturated rings. The van der Waals surface area contributed by atoms with Crippen molar-refractivity contribution >= 4 is 53.9 Å². The second-order valence-electron chi connectivity index (χ2n) is 6.07. The van der Waals surface area contributed by atoms with Crippen molar-refractivity contribution in [2.45, 2.75) is 38.3 Å². The minimum atomic E-state index is 0. The van der Waals surface area contributed by atoms with E-state index < -0.39 is 0 Å². The summed E-state index contributed by atoms with van der Waals surface area (Å²) < 4.78 is 0. The van der Waals surface area contributed by atoms with Crippen molar-refractivity contribution in [2.75, 3.05) is 26.7 Å². The Bertz CT molecular complexity index is 523. The highest BCUT2D eigenvalue weighted by atomic mass is 35.5. The van der Waals surface area contributed by atoms with Gasteiger partial charge in [0.1, 0.15) is 0 Å². The number of rotatable bonds is 7. The highest BCUT2D eigenvalue weighted by Gasteiger charge is 2.20. The molecule has 0 spiro atoms. The molecule has 1 aromatic rings. The van der Waals surface area contributed by atoms with Gasteiger partial charge in [-0.25, -0.2) is 0 Å². The smallest absolute Gasteiger partial charge is 0.220 e. The van der Waals surface area contributed by atoms with Crippen molar-refractivity contribution in [1.82, 2.24) is 15.5 Å². The van der Waals surface area contributed by atoms with Crippen LogP contribution in [-0.4, -0.2) is 43.5 Å². The summed E-state index contributed by atoms with van der Waals surface area (Å²) in [7, 11) is 1.90. The molecule has 0 radical (unpaired) electrons. The topological polar surface area (TPSA) is 44.4 Å². The van der Waals surface area contributed by atoms with Gasteiger partial charge in [0.15, 0.2) is 0 Å². The van der Waals surface area contributed by atoms with Crippen LogP contribution in [0.1, 0.15) is 31.2 Å². The molecule has 0 aliphatic carbocycles. The van der Waals surface area contributed by atoms with Crippen LogP contribution in [0.15, 0.2) is 18.2 Å². The lowest BCUT2D eigenvalue weighted by Crippen LogP contribution is -2.44. The highest BCUT2D eigenvalue weighted by molar-refractivity contribution is 6.42. The van der Waals surface area contributed by atoms with E-state index in [0.717, 1.165) is 45.4 Å². The summed E-state index contributed by atoms with van der Waals surface area (Å²) in [6.07, 6.45) is 3.49. The SMILES string of the molecule is CNCCCC(=O)NC1CCN(Cc2ccc(Cl)c(Cl)c2)CC1.Cl.Cl. The average Bonchev–Trinajstić information content (AvgIpc) is 2.53. The van der Waals surface area contributed by atoms with Gasteiger partial charge in [-0.1, -0.05) is 29.3 Å². The number of nitrogens with zero attached hydrogens (tertiary/aromatic N) is 1. The molecule has 1 aliphatic rings. The van der Waals surface area contributed by atoms with Crippen LogP contribution in [0.25, 0.3) is 0 Å². The molecule has 1 aromatic carbocycles. The first-order valence-corrected chi connectivity index (χ1v) is 8.94. The van der Waals surface area contributed by atoms with Crippen molar-refractivity contribution in [1.29, 1.82) is 0 Å². The first kappa shape index (κ1) is 24.8. The Morgan fingerprint density at radius 2 is 1.88 bits per heavy atom. The predicted molar refractivity (Wildman–Crippen MR) is 111 cm³/mol. The van der Waals surface area contributed by atoms with E-state index in [1.54, 1.807) is 0 Å². The van der Waals surface area contributed by atoms with Crippen LogP contribution in [-0.2, 0) is 11.3 Å². The first-order chi connectivity index (χ1) is 11.1. The molecule has 2 rings (SSSR count). The first-order valence-electron chi connectivity index (χ1n) is 8.18. The van der Waals surface area contributed by atoms with Gasteiger partial charge in [-0.2, -0.15) is 0 Å². The monoisotopic (exact) mass is 429 g/mol. The molecule has 1 amide bonds. The molecule has 25 heavy (non-hydrogen) atoms. The van der Waals surface area contributed by atoms with Crippen LogP contribution in [0.5, 0.6) is 0 Å². The fraction of sp³-hybridized carbons (Fsp3) is 0.588. The molecule has 4 nitrogen and oxygen atoms in total. The number of nitrogens with one attached hydrogen (secondary N) is 2. The lowest BCUT2D eigenvalue weighted by molar-refractivity contribution is -0.122. The third-order valence-corrected chi connectivity index (χ3v) is 4.91. The summed E-state index contributed by atoms with van der Waals surface area (Å²) in [5.74, 6) is 0.170. The Morgan fingerprint density at radius 1 is 1.20 bits per heavy atom. The molecule has 1 heterocycles. The number of carbonyl (C=O) groups excluding carboxylic acids is 1. The van der Waals surface area contributed by atoms with Gasteiger partial charge in [0.2, 0.25) is 5.91 Å². The number of hydrogen-bond acceptors (Lipinski definition) is 3. The van der Waals surface area contributed by atoms with Crippen LogP contribution in [0.2, 0.25) is 10.0 Å². The van der Waals surface area contributed by atoms with E-state index in [2.05, 4.69) is 15.5 Å². The average molecular weight is 431 g/mol. The lowest BCUT2D eigenvalue weighted by Gasteiger charge is -2.32. The predicted octanol–water partition coefficient (Wildman–Crippen LogP) is 3.92. The molecule has 144 valence electrons. The third kappa shape index (κ3) is 8.80. The van der Waals surface area contributed by atoms with E-state index in [1.807, 2.05) is 25.2 Å². The number of benzene rings is 1. The third-order valence-electron chi connectivity index (χ3n) is 4.17. The zero-order valence-corrected chi connectivity index (χ0v) is 17.5. The summed E-state index contributed by atoms with van der Waals surface area (Å²) in [5.41, 5.74) is 1.17. The van der Waals surface area contributed by atoms with Gasteiger partial charge in [-0.3, -0.25) is 9.69 Å². The second-order valence-corrected chi connectivity index (χ2v) is 6.89. The van der Waals surface area contributed by atoms with E-state index >= 15 is 0 Å². The van der Waals surface area contributed by atoms with Gasteiger partial charge in [-0.05, 0) is 50.6 Å². The molecule has 8 heteroatoms. The molecular weight excluding hydrogens is 404 g/mol. The lowest BCUT2D eigenvalue weighted by atomic mass is 10.0. The van der Waals surface area contributed by atoms with Crippen LogP contribution in [0.4, 0.5) is 0 Å². The Labute approximate surface area is 172 Å². The Morgan fingerprint density at radius 3 is 2.48 bits per heavy atom. The number of carbonyl (C=O) groups is 1. The fourth-order valence-corrected chi connectivity index (χ4v) is 3.18. The molecule has 0 unspecified atom stereocenters. The molecule has 1 aliphatic heterocycles. The molecule has 2 N–H and O–H groups in total. The summed E-state index contributed by atoms with van der Waals surface area (Å²) in [4.78, 5) is 14.2. The van der Waals surface area contributed by atoms with Crippen molar-refractivity contribution in [3.8, 4) is 0 Å². The van der Waals surface area contributed by atoms with E-state index in [9.17, 15) is 4.79 Å². The van der Waals surface area contributed by atoms with Crippen molar-refractivity contribution in [3.05, 3.63) is 33.8 Å². The largest absolute Gasteiger partial charge is 0.353 e. The van der Waals surface area contributed by atoms with E-state index in [4.69, 9.17) is 23.2 Å². The van der Waals surface area contributed by atoms with Crippen LogP contribution >= 0.6 is 48.0 Å². The van der Waals surface area contributed by atoms with Crippen LogP contribution in [0, 0.1) is 0 Å². The maximum absolute atomic E-state index is 11.8. The zero-order valence-electron chi connectivity index (χ0n) is 14.4. The van der Waals surface area contributed by atoms with Gasteiger partial charge < -0.3 is 10.6 Å². The minimum absolute atomic E-state index is 0. The van der Waals surface area contributed by atoms with Crippen LogP contribution < -0.4 is 10.6 Å². The van der Waals surface area contributed by atoms with Crippen molar-refractivity contribution in [2.24, 2.45) is 0 Å². The minimum Gasteiger partial charge on any atom is -0.353 e. The molecule has 1 saturated heterocycles. The number of halogens is 4. The summed E-state index contributed by atoms with van der Waals surface area (Å²) in [5, 5.41) is 7.40. The van der Waals surface area contributed by atoms with E-state index in [1.165, 1.54) is 5.56 Å².